The molecular weight excluding hydrogens is 316 g/mol. The number of rotatable bonds is 9. The van der Waals surface area contributed by atoms with Crippen molar-refractivity contribution in [3.05, 3.63) is 24.3 Å². The highest BCUT2D eigenvalue weighted by molar-refractivity contribution is 5.89. The van der Waals surface area contributed by atoms with E-state index in [-0.39, 0.29) is 13.2 Å². The normalized spacial score (nSPS) is 10.3. The number of hydrogen-bond donors (Lipinski definition) is 2. The summed E-state index contributed by atoms with van der Waals surface area (Å²) in [5.74, 6) is 0.326. The minimum Gasteiger partial charge on any atom is -0.434 e. The smallest absolute Gasteiger partial charge is 0.434 e. The van der Waals surface area contributed by atoms with Crippen molar-refractivity contribution in [2.24, 2.45) is 0 Å². The summed E-state index contributed by atoms with van der Waals surface area (Å²) in [6.07, 6.45) is -1.25. The van der Waals surface area contributed by atoms with E-state index in [1.165, 1.54) is 0 Å². The van der Waals surface area contributed by atoms with Crippen LogP contribution in [-0.2, 0) is 14.2 Å². The number of ether oxygens (including phenoxy) is 4. The highest BCUT2D eigenvalue weighted by Crippen LogP contribution is 2.16. The monoisotopic (exact) mass is 340 g/mol. The van der Waals surface area contributed by atoms with Gasteiger partial charge in [0.2, 0.25) is 0 Å². The Hall–Kier alpha value is -2.32. The SMILES string of the molecule is CCOC(=O)Oc1ccc(NC(=O)NCC(OCC)OCC)cc1. The summed E-state index contributed by atoms with van der Waals surface area (Å²) in [4.78, 5) is 23.0. The van der Waals surface area contributed by atoms with E-state index in [0.29, 0.717) is 24.7 Å². The van der Waals surface area contributed by atoms with E-state index >= 15 is 0 Å². The summed E-state index contributed by atoms with van der Waals surface area (Å²) < 4.78 is 20.3. The maximum Gasteiger partial charge on any atom is 0.513 e. The molecule has 134 valence electrons. The van der Waals surface area contributed by atoms with E-state index in [2.05, 4.69) is 15.4 Å². The van der Waals surface area contributed by atoms with Crippen LogP contribution in [0.4, 0.5) is 15.3 Å². The van der Waals surface area contributed by atoms with Crippen molar-refractivity contribution in [2.45, 2.75) is 27.1 Å². The summed E-state index contributed by atoms with van der Waals surface area (Å²) in [5, 5.41) is 5.31. The molecule has 0 aliphatic carbocycles. The Morgan fingerprint density at radius 3 is 2.17 bits per heavy atom. The van der Waals surface area contributed by atoms with Gasteiger partial charge in [0, 0.05) is 18.9 Å². The van der Waals surface area contributed by atoms with Gasteiger partial charge in [-0.1, -0.05) is 0 Å². The predicted molar refractivity (Wildman–Crippen MR) is 88.2 cm³/mol. The topological polar surface area (TPSA) is 95.1 Å². The molecule has 1 rings (SSSR count). The van der Waals surface area contributed by atoms with Crippen molar-refractivity contribution in [3.8, 4) is 5.75 Å². The Balaban J connectivity index is 2.42. The molecule has 0 spiro atoms. The first-order valence-electron chi connectivity index (χ1n) is 7.81. The molecule has 0 bridgehead atoms. The zero-order valence-electron chi connectivity index (χ0n) is 14.2. The summed E-state index contributed by atoms with van der Waals surface area (Å²) in [6, 6.07) is 5.93. The Morgan fingerprint density at radius 2 is 1.62 bits per heavy atom. The third kappa shape index (κ3) is 7.80. The van der Waals surface area contributed by atoms with Gasteiger partial charge in [0.05, 0.1) is 13.2 Å². The molecule has 0 fully saturated rings. The van der Waals surface area contributed by atoms with Crippen LogP contribution in [0.2, 0.25) is 0 Å². The third-order valence-corrected chi connectivity index (χ3v) is 2.71. The number of carbonyl (C=O) groups excluding carboxylic acids is 2. The summed E-state index contributed by atoms with van der Waals surface area (Å²) in [5.41, 5.74) is 0.549. The lowest BCUT2D eigenvalue weighted by atomic mass is 10.3. The van der Waals surface area contributed by atoms with Crippen LogP contribution in [-0.4, -0.2) is 44.8 Å². The van der Waals surface area contributed by atoms with Gasteiger partial charge >= 0.3 is 12.2 Å². The summed E-state index contributed by atoms with van der Waals surface area (Å²) in [6.45, 7) is 6.86. The third-order valence-electron chi connectivity index (χ3n) is 2.71. The van der Waals surface area contributed by atoms with Crippen LogP contribution in [0.3, 0.4) is 0 Å². The van der Waals surface area contributed by atoms with E-state index < -0.39 is 18.5 Å². The Kier molecular flexibility index (Phi) is 9.25. The van der Waals surface area contributed by atoms with E-state index in [0.717, 1.165) is 0 Å². The molecule has 1 aromatic rings. The van der Waals surface area contributed by atoms with Crippen molar-refractivity contribution >= 4 is 17.9 Å². The molecule has 0 aromatic heterocycles. The first-order valence-corrected chi connectivity index (χ1v) is 7.81. The Bertz CT molecular complexity index is 500. The number of anilines is 1. The number of nitrogens with one attached hydrogen (secondary N) is 2. The van der Waals surface area contributed by atoms with Gasteiger partial charge in [-0.2, -0.15) is 0 Å². The molecular formula is C16H24N2O6. The standard InChI is InChI=1S/C16H24N2O6/c1-4-21-14(22-5-2)11-17-15(19)18-12-7-9-13(10-8-12)24-16(20)23-6-3/h7-10,14H,4-6,11H2,1-3H3,(H2,17,18,19). The number of amides is 2. The molecule has 0 aliphatic heterocycles. The van der Waals surface area contributed by atoms with Crippen molar-refractivity contribution in [3.63, 3.8) is 0 Å². The Morgan fingerprint density at radius 1 is 1.00 bits per heavy atom. The number of benzene rings is 1. The number of urea groups is 1. The van der Waals surface area contributed by atoms with Crippen LogP contribution in [0.1, 0.15) is 20.8 Å². The zero-order chi connectivity index (χ0) is 17.8. The number of hydrogen-bond acceptors (Lipinski definition) is 6. The van der Waals surface area contributed by atoms with Gasteiger partial charge in [0.1, 0.15) is 5.75 Å². The van der Waals surface area contributed by atoms with Gasteiger partial charge < -0.3 is 29.6 Å². The van der Waals surface area contributed by atoms with E-state index in [9.17, 15) is 9.59 Å². The molecule has 2 amide bonds. The molecule has 8 heteroatoms. The van der Waals surface area contributed by atoms with Crippen LogP contribution in [0, 0.1) is 0 Å². The molecule has 0 unspecified atom stereocenters. The molecule has 24 heavy (non-hydrogen) atoms. The molecule has 0 heterocycles. The van der Waals surface area contributed by atoms with Crippen LogP contribution in [0.5, 0.6) is 5.75 Å². The molecule has 1 aromatic carbocycles. The quantitative estimate of drug-likeness (QED) is 0.408. The molecule has 0 atom stereocenters. The van der Waals surface area contributed by atoms with Crippen LogP contribution >= 0.6 is 0 Å². The van der Waals surface area contributed by atoms with Gasteiger partial charge in [0.15, 0.2) is 6.29 Å². The molecule has 0 radical (unpaired) electrons. The highest BCUT2D eigenvalue weighted by Gasteiger charge is 2.10. The van der Waals surface area contributed by atoms with E-state index in [4.69, 9.17) is 14.2 Å². The lowest BCUT2D eigenvalue weighted by Gasteiger charge is -2.17. The first-order chi connectivity index (χ1) is 11.6. The van der Waals surface area contributed by atoms with E-state index in [1.54, 1.807) is 31.2 Å². The lowest BCUT2D eigenvalue weighted by Crippen LogP contribution is -2.37. The second-order valence-electron chi connectivity index (χ2n) is 4.48. The van der Waals surface area contributed by atoms with Gasteiger partial charge in [-0.15, -0.1) is 0 Å². The zero-order valence-corrected chi connectivity index (χ0v) is 14.2. The fourth-order valence-corrected chi connectivity index (χ4v) is 1.74. The fourth-order valence-electron chi connectivity index (χ4n) is 1.74. The maximum absolute atomic E-state index is 11.8. The van der Waals surface area contributed by atoms with Crippen molar-refractivity contribution in [1.29, 1.82) is 0 Å². The molecule has 8 nitrogen and oxygen atoms in total. The second-order valence-corrected chi connectivity index (χ2v) is 4.48. The average Bonchev–Trinajstić information content (AvgIpc) is 2.55. The van der Waals surface area contributed by atoms with Crippen LogP contribution < -0.4 is 15.4 Å². The second kappa shape index (κ2) is 11.3. The van der Waals surface area contributed by atoms with Crippen LogP contribution in [0.15, 0.2) is 24.3 Å². The van der Waals surface area contributed by atoms with Gasteiger partial charge in [0.25, 0.3) is 0 Å². The van der Waals surface area contributed by atoms with Gasteiger partial charge in [-0.25, -0.2) is 9.59 Å². The molecule has 0 saturated heterocycles. The summed E-state index contributed by atoms with van der Waals surface area (Å²) in [7, 11) is 0. The summed E-state index contributed by atoms with van der Waals surface area (Å²) >= 11 is 0. The van der Waals surface area contributed by atoms with Crippen molar-refractivity contribution in [1.82, 2.24) is 5.32 Å². The highest BCUT2D eigenvalue weighted by atomic mass is 16.7. The molecule has 2 N–H and O–H groups in total. The fraction of sp³-hybridized carbons (Fsp3) is 0.500. The lowest BCUT2D eigenvalue weighted by molar-refractivity contribution is -0.131. The first kappa shape index (κ1) is 19.7. The number of carbonyl (C=O) groups is 2. The minimum absolute atomic E-state index is 0.234. The molecule has 0 aliphatic rings. The van der Waals surface area contributed by atoms with Crippen molar-refractivity contribution in [2.75, 3.05) is 31.7 Å². The largest absolute Gasteiger partial charge is 0.513 e. The average molecular weight is 340 g/mol. The van der Waals surface area contributed by atoms with Crippen LogP contribution in [0.25, 0.3) is 0 Å². The van der Waals surface area contributed by atoms with Crippen molar-refractivity contribution < 1.29 is 28.5 Å². The van der Waals surface area contributed by atoms with E-state index in [1.807, 2.05) is 13.8 Å². The Labute approximate surface area is 141 Å². The van der Waals surface area contributed by atoms with Gasteiger partial charge in [-0.3, -0.25) is 0 Å². The minimum atomic E-state index is -0.770. The van der Waals surface area contributed by atoms with Gasteiger partial charge in [-0.05, 0) is 45.0 Å². The maximum atomic E-state index is 11.8. The predicted octanol–water partition coefficient (Wildman–Crippen LogP) is 2.74. The molecule has 0 saturated carbocycles.